The van der Waals surface area contributed by atoms with Crippen molar-refractivity contribution in [2.24, 2.45) is 0 Å². The molecule has 1 aliphatic rings. The van der Waals surface area contributed by atoms with Gasteiger partial charge in [-0.1, -0.05) is 37.3 Å². The van der Waals surface area contributed by atoms with Gasteiger partial charge in [-0.15, -0.1) is 0 Å². The highest BCUT2D eigenvalue weighted by Crippen LogP contribution is 2.27. The molecule has 7 nitrogen and oxygen atoms in total. The van der Waals surface area contributed by atoms with E-state index >= 15 is 0 Å². The molecule has 0 unspecified atom stereocenters. The molecule has 7 heteroatoms. The molecule has 1 saturated heterocycles. The second kappa shape index (κ2) is 9.75. The standard InChI is InChI=1S/C20H23N5.CH2O2/c1-2-19-21-10-8-18(23-19)20-22-11-13-25(20)17-9-12-24(15-17)14-16-6-4-3-5-7-16;2-1-3/h3-8,10-11,13,17H,2,9,12,14-15H2,1H3;1H,(H,2,3)/t17-;/m0./s1. The minimum Gasteiger partial charge on any atom is -0.483 e. The topological polar surface area (TPSA) is 84.1 Å². The van der Waals surface area contributed by atoms with E-state index in [2.05, 4.69) is 67.9 Å². The SMILES string of the molecule is CCc1nccc(-c2nccn2[C@H]2CCN(Cc3ccccc3)C2)n1.O=CO. The fourth-order valence-corrected chi connectivity index (χ4v) is 3.52. The lowest BCUT2D eigenvalue weighted by molar-refractivity contribution is -0.122. The molecule has 0 radical (unpaired) electrons. The van der Waals surface area contributed by atoms with Crippen molar-refractivity contribution in [3.05, 3.63) is 66.4 Å². The quantitative estimate of drug-likeness (QED) is 0.686. The number of hydrogen-bond donors (Lipinski definition) is 1. The van der Waals surface area contributed by atoms with E-state index in [0.717, 1.165) is 49.8 Å². The van der Waals surface area contributed by atoms with Crippen molar-refractivity contribution >= 4 is 6.47 Å². The maximum Gasteiger partial charge on any atom is 0.290 e. The Kier molecular flexibility index (Phi) is 6.86. The number of imidazole rings is 1. The third-order valence-corrected chi connectivity index (χ3v) is 4.81. The Labute approximate surface area is 164 Å². The van der Waals surface area contributed by atoms with Gasteiger partial charge < -0.3 is 9.67 Å². The van der Waals surface area contributed by atoms with Crippen molar-refractivity contribution < 1.29 is 9.90 Å². The molecule has 1 N–H and O–H groups in total. The van der Waals surface area contributed by atoms with Gasteiger partial charge in [-0.25, -0.2) is 15.0 Å². The number of carbonyl (C=O) groups is 1. The molecule has 0 aliphatic carbocycles. The Morgan fingerprint density at radius 2 is 1.96 bits per heavy atom. The summed E-state index contributed by atoms with van der Waals surface area (Å²) >= 11 is 0. The first kappa shape index (κ1) is 19.7. The summed E-state index contributed by atoms with van der Waals surface area (Å²) in [5.74, 6) is 1.81. The van der Waals surface area contributed by atoms with E-state index < -0.39 is 0 Å². The molecule has 1 aliphatic heterocycles. The van der Waals surface area contributed by atoms with Gasteiger partial charge in [0.1, 0.15) is 11.5 Å². The van der Waals surface area contributed by atoms with Gasteiger partial charge in [0.25, 0.3) is 6.47 Å². The maximum atomic E-state index is 8.36. The smallest absolute Gasteiger partial charge is 0.290 e. The Bertz CT molecular complexity index is 881. The molecule has 4 rings (SSSR count). The summed E-state index contributed by atoms with van der Waals surface area (Å²) in [4.78, 5) is 24.4. The Balaban J connectivity index is 0.000000706. The van der Waals surface area contributed by atoms with Crippen LogP contribution in [0.25, 0.3) is 11.5 Å². The zero-order chi connectivity index (χ0) is 19.8. The molecular weight excluding hydrogens is 354 g/mol. The first-order valence-corrected chi connectivity index (χ1v) is 9.44. The normalized spacial score (nSPS) is 16.4. The van der Waals surface area contributed by atoms with Gasteiger partial charge >= 0.3 is 0 Å². The van der Waals surface area contributed by atoms with Crippen LogP contribution >= 0.6 is 0 Å². The number of benzene rings is 1. The third-order valence-electron chi connectivity index (χ3n) is 4.81. The number of carboxylic acid groups (broad SMARTS) is 1. The van der Waals surface area contributed by atoms with E-state index in [1.807, 2.05) is 18.5 Å². The van der Waals surface area contributed by atoms with Crippen LogP contribution in [0.3, 0.4) is 0 Å². The largest absolute Gasteiger partial charge is 0.483 e. The zero-order valence-electron chi connectivity index (χ0n) is 16.0. The minimum absolute atomic E-state index is 0.250. The zero-order valence-corrected chi connectivity index (χ0v) is 16.0. The van der Waals surface area contributed by atoms with E-state index in [9.17, 15) is 0 Å². The van der Waals surface area contributed by atoms with Crippen molar-refractivity contribution in [2.75, 3.05) is 13.1 Å². The van der Waals surface area contributed by atoms with Gasteiger partial charge in [0.2, 0.25) is 0 Å². The van der Waals surface area contributed by atoms with Gasteiger partial charge in [0.05, 0.1) is 0 Å². The number of aryl methyl sites for hydroxylation is 1. The van der Waals surface area contributed by atoms with Crippen LogP contribution in [0, 0.1) is 0 Å². The third kappa shape index (κ3) is 4.80. The van der Waals surface area contributed by atoms with Crippen LogP contribution in [-0.4, -0.2) is 49.1 Å². The molecule has 0 spiro atoms. The Morgan fingerprint density at radius 3 is 2.71 bits per heavy atom. The van der Waals surface area contributed by atoms with Crippen LogP contribution in [0.15, 0.2) is 55.0 Å². The Morgan fingerprint density at radius 1 is 1.18 bits per heavy atom. The number of aromatic nitrogens is 4. The summed E-state index contributed by atoms with van der Waals surface area (Å²) in [6, 6.07) is 13.1. The molecule has 146 valence electrons. The van der Waals surface area contributed by atoms with Crippen molar-refractivity contribution in [2.45, 2.75) is 32.4 Å². The molecule has 3 aromatic rings. The number of likely N-dealkylation sites (tertiary alicyclic amines) is 1. The van der Waals surface area contributed by atoms with Gasteiger partial charge in [0, 0.05) is 50.7 Å². The second-order valence-electron chi connectivity index (χ2n) is 6.64. The molecule has 0 bridgehead atoms. The van der Waals surface area contributed by atoms with Crippen molar-refractivity contribution in [1.29, 1.82) is 0 Å². The monoisotopic (exact) mass is 379 g/mol. The van der Waals surface area contributed by atoms with Crippen molar-refractivity contribution in [1.82, 2.24) is 24.4 Å². The summed E-state index contributed by atoms with van der Waals surface area (Å²) in [5.41, 5.74) is 2.29. The fraction of sp³-hybridized carbons (Fsp3) is 0.333. The number of hydrogen-bond acceptors (Lipinski definition) is 5. The lowest BCUT2D eigenvalue weighted by atomic mass is 10.2. The molecule has 1 aromatic carbocycles. The molecule has 0 saturated carbocycles. The summed E-state index contributed by atoms with van der Waals surface area (Å²) in [7, 11) is 0. The molecule has 0 amide bonds. The molecule has 1 atom stereocenters. The number of rotatable bonds is 5. The highest BCUT2D eigenvalue weighted by atomic mass is 16.3. The highest BCUT2D eigenvalue weighted by Gasteiger charge is 2.26. The van der Waals surface area contributed by atoms with Gasteiger partial charge in [-0.2, -0.15) is 0 Å². The van der Waals surface area contributed by atoms with Crippen LogP contribution in [0.4, 0.5) is 0 Å². The molecule has 28 heavy (non-hydrogen) atoms. The predicted molar refractivity (Wildman–Crippen MR) is 107 cm³/mol. The first-order chi connectivity index (χ1) is 13.7. The van der Waals surface area contributed by atoms with E-state index in [1.54, 1.807) is 0 Å². The lowest BCUT2D eigenvalue weighted by Gasteiger charge is -2.18. The van der Waals surface area contributed by atoms with Crippen LogP contribution in [0.1, 0.15) is 30.8 Å². The van der Waals surface area contributed by atoms with E-state index in [-0.39, 0.29) is 6.47 Å². The summed E-state index contributed by atoms with van der Waals surface area (Å²) in [6.07, 6.45) is 7.77. The van der Waals surface area contributed by atoms with E-state index in [0.29, 0.717) is 6.04 Å². The van der Waals surface area contributed by atoms with Crippen LogP contribution < -0.4 is 0 Å². The molecule has 3 heterocycles. The maximum absolute atomic E-state index is 8.36. The van der Waals surface area contributed by atoms with Crippen molar-refractivity contribution in [3.8, 4) is 11.5 Å². The summed E-state index contributed by atoms with van der Waals surface area (Å²) in [5, 5.41) is 6.89. The first-order valence-electron chi connectivity index (χ1n) is 9.44. The second-order valence-corrected chi connectivity index (χ2v) is 6.64. The Hall–Kier alpha value is -3.06. The van der Waals surface area contributed by atoms with E-state index in [4.69, 9.17) is 9.90 Å². The highest BCUT2D eigenvalue weighted by molar-refractivity contribution is 5.49. The molecular formula is C21H25N5O2. The number of nitrogens with zero attached hydrogens (tertiary/aromatic N) is 5. The van der Waals surface area contributed by atoms with Crippen molar-refractivity contribution in [3.63, 3.8) is 0 Å². The minimum atomic E-state index is -0.250. The summed E-state index contributed by atoms with van der Waals surface area (Å²) < 4.78 is 2.28. The van der Waals surface area contributed by atoms with Gasteiger partial charge in [0.15, 0.2) is 5.82 Å². The fourth-order valence-electron chi connectivity index (χ4n) is 3.52. The van der Waals surface area contributed by atoms with Gasteiger partial charge in [-0.05, 0) is 18.1 Å². The van der Waals surface area contributed by atoms with Crippen LogP contribution in [0.2, 0.25) is 0 Å². The average molecular weight is 379 g/mol. The molecule has 2 aromatic heterocycles. The van der Waals surface area contributed by atoms with E-state index in [1.165, 1.54) is 5.56 Å². The van der Waals surface area contributed by atoms with Crippen LogP contribution in [-0.2, 0) is 17.8 Å². The lowest BCUT2D eigenvalue weighted by Crippen LogP contribution is -2.21. The molecule has 1 fully saturated rings. The predicted octanol–water partition coefficient (Wildman–Crippen LogP) is 3.05. The van der Waals surface area contributed by atoms with Crippen LogP contribution in [0.5, 0.6) is 0 Å². The van der Waals surface area contributed by atoms with Gasteiger partial charge in [-0.3, -0.25) is 9.69 Å². The summed E-state index contributed by atoms with van der Waals surface area (Å²) in [6.45, 7) is 4.99. The average Bonchev–Trinajstić information content (AvgIpc) is 3.39.